The van der Waals surface area contributed by atoms with Crippen molar-refractivity contribution in [3.05, 3.63) is 60.3 Å². The lowest BCUT2D eigenvalue weighted by molar-refractivity contribution is -0.126. The minimum Gasteiger partial charge on any atom is -0.494 e. The lowest BCUT2D eigenvalue weighted by atomic mass is 10.1. The van der Waals surface area contributed by atoms with Gasteiger partial charge in [-0.1, -0.05) is 18.2 Å². The summed E-state index contributed by atoms with van der Waals surface area (Å²) in [4.78, 5) is 39.6. The molecule has 0 saturated carbocycles. The van der Waals surface area contributed by atoms with E-state index in [9.17, 15) is 14.4 Å². The number of ketones is 1. The molecular formula is C24H27N3O4. The summed E-state index contributed by atoms with van der Waals surface area (Å²) in [6.07, 6.45) is 1.59. The first-order valence-electron chi connectivity index (χ1n) is 10.4. The van der Waals surface area contributed by atoms with Crippen molar-refractivity contribution in [2.75, 3.05) is 25.0 Å². The van der Waals surface area contributed by atoms with E-state index in [0.717, 1.165) is 11.3 Å². The Kier molecular flexibility index (Phi) is 7.07. The van der Waals surface area contributed by atoms with Gasteiger partial charge in [0.1, 0.15) is 12.3 Å². The fourth-order valence-corrected chi connectivity index (χ4v) is 3.48. The van der Waals surface area contributed by atoms with Gasteiger partial charge in [-0.05, 0) is 51.1 Å². The smallest absolute Gasteiger partial charge is 0.295 e. The SMILES string of the molecule is CCOc1ccc(NC(=O)Cn2cc(C(=O)C(=O)N(CC)CC)c3ccccc32)cc1. The molecule has 7 nitrogen and oxygen atoms in total. The van der Waals surface area contributed by atoms with Crippen molar-refractivity contribution >= 4 is 34.2 Å². The molecule has 0 aliphatic rings. The summed E-state index contributed by atoms with van der Waals surface area (Å²) in [5, 5.41) is 3.50. The number of benzene rings is 2. The average Bonchev–Trinajstić information content (AvgIpc) is 3.14. The van der Waals surface area contributed by atoms with Crippen LogP contribution in [0.25, 0.3) is 10.9 Å². The third kappa shape index (κ3) is 4.94. The van der Waals surface area contributed by atoms with E-state index in [1.165, 1.54) is 4.90 Å². The molecule has 0 unspecified atom stereocenters. The maximum Gasteiger partial charge on any atom is 0.295 e. The Morgan fingerprint density at radius 2 is 1.65 bits per heavy atom. The number of hydrogen-bond donors (Lipinski definition) is 1. The highest BCUT2D eigenvalue weighted by Crippen LogP contribution is 2.23. The minimum atomic E-state index is -0.564. The maximum atomic E-state index is 12.9. The van der Waals surface area contributed by atoms with Crippen LogP contribution in [0.3, 0.4) is 0 Å². The molecule has 0 radical (unpaired) electrons. The fourth-order valence-electron chi connectivity index (χ4n) is 3.48. The number of nitrogens with zero attached hydrogens (tertiary/aromatic N) is 2. The van der Waals surface area contributed by atoms with Gasteiger partial charge in [0.25, 0.3) is 11.7 Å². The maximum absolute atomic E-state index is 12.9. The molecule has 0 saturated heterocycles. The van der Waals surface area contributed by atoms with Gasteiger partial charge in [-0.15, -0.1) is 0 Å². The summed E-state index contributed by atoms with van der Waals surface area (Å²) in [5.41, 5.74) is 1.68. The Morgan fingerprint density at radius 1 is 0.968 bits per heavy atom. The molecule has 31 heavy (non-hydrogen) atoms. The van der Waals surface area contributed by atoms with Gasteiger partial charge in [0, 0.05) is 35.9 Å². The number of ether oxygens (including phenoxy) is 1. The zero-order valence-corrected chi connectivity index (χ0v) is 18.1. The fraction of sp³-hybridized carbons (Fsp3) is 0.292. The quantitative estimate of drug-likeness (QED) is 0.422. The van der Waals surface area contributed by atoms with Gasteiger partial charge in [-0.2, -0.15) is 0 Å². The van der Waals surface area contributed by atoms with Crippen molar-refractivity contribution in [1.29, 1.82) is 0 Å². The molecule has 0 bridgehead atoms. The number of amides is 2. The highest BCUT2D eigenvalue weighted by Gasteiger charge is 2.25. The van der Waals surface area contributed by atoms with Gasteiger partial charge < -0.3 is 19.5 Å². The van der Waals surface area contributed by atoms with E-state index in [2.05, 4.69) is 5.32 Å². The van der Waals surface area contributed by atoms with E-state index < -0.39 is 11.7 Å². The Labute approximate surface area is 181 Å². The molecule has 162 valence electrons. The summed E-state index contributed by atoms with van der Waals surface area (Å²) in [6.45, 7) is 7.09. The molecule has 0 atom stereocenters. The lowest BCUT2D eigenvalue weighted by Crippen LogP contribution is -2.36. The van der Waals surface area contributed by atoms with E-state index in [0.29, 0.717) is 36.3 Å². The molecule has 7 heteroatoms. The number of nitrogens with one attached hydrogen (secondary N) is 1. The van der Waals surface area contributed by atoms with Gasteiger partial charge in [0.05, 0.1) is 12.2 Å². The lowest BCUT2D eigenvalue weighted by Gasteiger charge is -2.17. The van der Waals surface area contributed by atoms with Gasteiger partial charge in [-0.25, -0.2) is 0 Å². The number of rotatable bonds is 9. The summed E-state index contributed by atoms with van der Waals surface area (Å²) < 4.78 is 7.10. The second-order valence-corrected chi connectivity index (χ2v) is 7.00. The van der Waals surface area contributed by atoms with E-state index in [-0.39, 0.29) is 12.5 Å². The predicted molar refractivity (Wildman–Crippen MR) is 120 cm³/mol. The number of anilines is 1. The normalized spacial score (nSPS) is 10.7. The van der Waals surface area contributed by atoms with Crippen LogP contribution in [0.1, 0.15) is 31.1 Å². The molecule has 0 spiro atoms. The predicted octanol–water partition coefficient (Wildman–Crippen LogP) is 3.73. The highest BCUT2D eigenvalue weighted by molar-refractivity contribution is 6.44. The average molecular weight is 421 g/mol. The molecule has 2 aromatic carbocycles. The van der Waals surface area contributed by atoms with Crippen LogP contribution < -0.4 is 10.1 Å². The number of carbonyl (C=O) groups excluding carboxylic acids is 3. The van der Waals surface area contributed by atoms with Crippen molar-refractivity contribution in [3.8, 4) is 5.75 Å². The monoisotopic (exact) mass is 421 g/mol. The first-order valence-corrected chi connectivity index (χ1v) is 10.4. The van der Waals surface area contributed by atoms with Crippen LogP contribution in [0.2, 0.25) is 0 Å². The van der Waals surface area contributed by atoms with E-state index in [1.807, 2.05) is 39.0 Å². The molecular weight excluding hydrogens is 394 g/mol. The molecule has 1 N–H and O–H groups in total. The molecule has 3 aromatic rings. The topological polar surface area (TPSA) is 80.6 Å². The number of Topliss-reactive ketones (excluding diaryl/α,β-unsaturated/α-hetero) is 1. The van der Waals surface area contributed by atoms with Crippen molar-refractivity contribution in [2.24, 2.45) is 0 Å². The molecule has 1 aromatic heterocycles. The number of para-hydroxylation sites is 1. The second kappa shape index (κ2) is 9.93. The van der Waals surface area contributed by atoms with E-state index in [4.69, 9.17) is 4.74 Å². The number of aromatic nitrogens is 1. The van der Waals surface area contributed by atoms with Crippen LogP contribution >= 0.6 is 0 Å². The van der Waals surface area contributed by atoms with E-state index >= 15 is 0 Å². The number of hydrogen-bond acceptors (Lipinski definition) is 4. The van der Waals surface area contributed by atoms with Crippen molar-refractivity contribution in [1.82, 2.24) is 9.47 Å². The van der Waals surface area contributed by atoms with Gasteiger partial charge in [0.2, 0.25) is 5.91 Å². The summed E-state index contributed by atoms with van der Waals surface area (Å²) >= 11 is 0. The van der Waals surface area contributed by atoms with Crippen LogP contribution in [0.15, 0.2) is 54.7 Å². The first-order chi connectivity index (χ1) is 15.0. The van der Waals surface area contributed by atoms with Crippen LogP contribution in [0.4, 0.5) is 5.69 Å². The standard InChI is InChI=1S/C24H27N3O4/c1-4-26(5-2)24(30)23(29)20-15-27(21-10-8-7-9-19(20)21)16-22(28)25-17-11-13-18(14-12-17)31-6-3/h7-15H,4-6,16H2,1-3H3,(H,25,28). The van der Waals surface area contributed by atoms with Crippen molar-refractivity contribution < 1.29 is 19.1 Å². The van der Waals surface area contributed by atoms with Crippen LogP contribution in [0, 0.1) is 0 Å². The van der Waals surface area contributed by atoms with Crippen molar-refractivity contribution in [3.63, 3.8) is 0 Å². The second-order valence-electron chi connectivity index (χ2n) is 7.00. The zero-order valence-electron chi connectivity index (χ0n) is 18.1. The van der Waals surface area contributed by atoms with Gasteiger partial charge in [0.15, 0.2) is 0 Å². The number of fused-ring (bicyclic) bond motifs is 1. The zero-order chi connectivity index (χ0) is 22.4. The van der Waals surface area contributed by atoms with Gasteiger partial charge >= 0.3 is 0 Å². The number of likely N-dealkylation sites (N-methyl/N-ethyl adjacent to an activating group) is 1. The Balaban J connectivity index is 1.82. The van der Waals surface area contributed by atoms with E-state index in [1.54, 1.807) is 41.1 Å². The molecule has 1 heterocycles. The Bertz CT molecular complexity index is 1080. The molecule has 2 amide bonds. The van der Waals surface area contributed by atoms with Crippen LogP contribution in [0.5, 0.6) is 5.75 Å². The largest absolute Gasteiger partial charge is 0.494 e. The van der Waals surface area contributed by atoms with Crippen LogP contribution in [-0.2, 0) is 16.1 Å². The Morgan fingerprint density at radius 3 is 2.29 bits per heavy atom. The summed E-state index contributed by atoms with van der Waals surface area (Å²) in [5.74, 6) is -0.603. The molecule has 3 rings (SSSR count). The van der Waals surface area contributed by atoms with Gasteiger partial charge in [-0.3, -0.25) is 14.4 Å². The summed E-state index contributed by atoms with van der Waals surface area (Å²) in [6, 6.07) is 14.4. The third-order valence-corrected chi connectivity index (χ3v) is 5.04. The van der Waals surface area contributed by atoms with Crippen molar-refractivity contribution in [2.45, 2.75) is 27.3 Å². The Hall–Kier alpha value is -3.61. The van der Waals surface area contributed by atoms with Crippen LogP contribution in [-0.4, -0.2) is 46.8 Å². The molecule has 0 fully saturated rings. The third-order valence-electron chi connectivity index (χ3n) is 5.04. The first kappa shape index (κ1) is 22.1. The molecule has 0 aliphatic carbocycles. The molecule has 0 aliphatic heterocycles. The highest BCUT2D eigenvalue weighted by atomic mass is 16.5. The minimum absolute atomic E-state index is 0.0144. The summed E-state index contributed by atoms with van der Waals surface area (Å²) in [7, 11) is 0. The number of carbonyl (C=O) groups is 3.